The zero-order valence-electron chi connectivity index (χ0n) is 13.8. The van der Waals surface area contributed by atoms with E-state index in [0.717, 1.165) is 16.9 Å². The van der Waals surface area contributed by atoms with Crippen molar-refractivity contribution in [2.75, 3.05) is 0 Å². The van der Waals surface area contributed by atoms with Gasteiger partial charge in [-0.25, -0.2) is 23.0 Å². The van der Waals surface area contributed by atoms with E-state index in [0.29, 0.717) is 0 Å². The Balaban J connectivity index is 0.000000349. The van der Waals surface area contributed by atoms with Crippen molar-refractivity contribution in [2.45, 2.75) is 6.92 Å². The maximum atomic E-state index is 8.49. The average molecular weight is 371 g/mol. The van der Waals surface area contributed by atoms with Crippen molar-refractivity contribution in [3.63, 3.8) is 0 Å². The van der Waals surface area contributed by atoms with Gasteiger partial charge in [-0.2, -0.15) is 0 Å². The predicted octanol–water partition coefficient (Wildman–Crippen LogP) is -0.807. The van der Waals surface area contributed by atoms with E-state index in [4.69, 9.17) is 23.6 Å². The van der Waals surface area contributed by atoms with Crippen molar-refractivity contribution in [3.05, 3.63) is 78.6 Å². The molecule has 0 unspecified atom stereocenters. The van der Waals surface area contributed by atoms with Gasteiger partial charge in [0.05, 0.1) is 11.6 Å². The third kappa shape index (κ3) is 4.32. The maximum Gasteiger partial charge on any atom is 0.336 e. The van der Waals surface area contributed by atoms with E-state index in [9.17, 15) is 0 Å². The van der Waals surface area contributed by atoms with Crippen LogP contribution in [0.15, 0.2) is 72.9 Å². The van der Waals surface area contributed by atoms with Gasteiger partial charge < -0.3 is 0 Å². The van der Waals surface area contributed by atoms with Gasteiger partial charge in [0.1, 0.15) is 5.69 Å². The largest absolute Gasteiger partial charge is 0.336 e. The Morgan fingerprint density at radius 2 is 1.46 bits per heavy atom. The smallest absolute Gasteiger partial charge is 0.222 e. The molecule has 0 N–H and O–H groups in total. The van der Waals surface area contributed by atoms with E-state index in [2.05, 4.69) is 66.1 Å². The van der Waals surface area contributed by atoms with Crippen LogP contribution < -0.4 is 23.0 Å². The number of hydrogen-bond acceptors (Lipinski definition) is 5. The second kappa shape index (κ2) is 7.33. The number of pyridine rings is 1. The Kier molecular flexibility index (Phi) is 5.13. The van der Waals surface area contributed by atoms with Gasteiger partial charge in [-0.15, -0.1) is 10.2 Å². The molecule has 26 heavy (non-hydrogen) atoms. The van der Waals surface area contributed by atoms with Gasteiger partial charge >= 0.3 is 5.65 Å². The van der Waals surface area contributed by atoms with E-state index in [1.165, 1.54) is 16.5 Å². The molecule has 0 saturated carbocycles. The summed E-state index contributed by atoms with van der Waals surface area (Å²) in [7, 11) is -4.94. The number of hydrogen-bond donors (Lipinski definition) is 0. The molecule has 0 aliphatic heterocycles. The molecule has 4 rings (SSSR count). The highest BCUT2D eigenvalue weighted by Crippen LogP contribution is 2.21. The number of aryl methyl sites for hydroxylation is 1. The fourth-order valence-electron chi connectivity index (χ4n) is 2.77. The van der Waals surface area contributed by atoms with E-state index in [1.54, 1.807) is 0 Å². The standard InChI is InChI=1S/C19H15N2.ClHO4/c1-14-13-18(16-8-3-2-4-9-16)20-19-17-10-6-5-7-15(17)11-12-21(14)19;2-1(3,4)5/h2-13H,1H3;(H,2,3,4,5)/q+1;/p-1. The molecule has 132 valence electrons. The molecule has 0 bridgehead atoms. The SMILES string of the molecule is Cc1cc(-c2ccccc2)nc2c3ccccc3cc[n+]12.[O-][Cl+3]([O-])([O-])[O-]. The topological polar surface area (TPSA) is 109 Å². The molecule has 0 spiro atoms. The molecule has 7 heteroatoms. The highest BCUT2D eigenvalue weighted by Gasteiger charge is 2.15. The van der Waals surface area contributed by atoms with E-state index in [-0.39, 0.29) is 0 Å². The first-order valence-electron chi connectivity index (χ1n) is 7.71. The van der Waals surface area contributed by atoms with Crippen LogP contribution in [-0.2, 0) is 0 Å². The minimum absolute atomic E-state index is 1.01. The normalized spacial score (nSPS) is 11.3. The summed E-state index contributed by atoms with van der Waals surface area (Å²) in [6.45, 7) is 2.12. The van der Waals surface area contributed by atoms with E-state index < -0.39 is 10.2 Å². The summed E-state index contributed by atoms with van der Waals surface area (Å²) < 4.78 is 36.1. The molecule has 0 saturated heterocycles. The molecule has 0 radical (unpaired) electrons. The number of fused-ring (bicyclic) bond motifs is 3. The third-order valence-corrected chi connectivity index (χ3v) is 3.85. The van der Waals surface area contributed by atoms with Crippen LogP contribution in [0, 0.1) is 17.2 Å². The van der Waals surface area contributed by atoms with Gasteiger partial charge in [-0.3, -0.25) is 0 Å². The van der Waals surface area contributed by atoms with Crippen molar-refractivity contribution in [1.82, 2.24) is 4.98 Å². The Morgan fingerprint density at radius 3 is 2.15 bits per heavy atom. The molecule has 0 atom stereocenters. The molecule has 0 fully saturated rings. The van der Waals surface area contributed by atoms with Crippen LogP contribution in [0.2, 0.25) is 0 Å². The first-order valence-corrected chi connectivity index (χ1v) is 8.94. The first-order chi connectivity index (χ1) is 12.3. The van der Waals surface area contributed by atoms with Crippen molar-refractivity contribution in [3.8, 4) is 11.3 Å². The first kappa shape index (κ1) is 18.2. The lowest BCUT2D eigenvalue weighted by molar-refractivity contribution is -2.00. The summed E-state index contributed by atoms with van der Waals surface area (Å²) in [4.78, 5) is 4.90. The highest BCUT2D eigenvalue weighted by atomic mass is 35.7. The van der Waals surface area contributed by atoms with Crippen LogP contribution >= 0.6 is 0 Å². The van der Waals surface area contributed by atoms with Gasteiger partial charge in [0.2, 0.25) is 0 Å². The zero-order chi connectivity index (χ0) is 18.7. The quantitative estimate of drug-likeness (QED) is 0.321. The van der Waals surface area contributed by atoms with Crippen LogP contribution in [0.3, 0.4) is 0 Å². The van der Waals surface area contributed by atoms with Crippen molar-refractivity contribution >= 4 is 16.4 Å². The number of aromatic nitrogens is 2. The number of nitrogens with zero attached hydrogens (tertiary/aromatic N) is 2. The van der Waals surface area contributed by atoms with E-state index in [1.807, 2.05) is 18.2 Å². The number of halogens is 1. The Bertz CT molecular complexity index is 1040. The fraction of sp³-hybridized carbons (Fsp3) is 0.0526. The molecule has 0 aliphatic rings. The van der Waals surface area contributed by atoms with Crippen LogP contribution in [0.4, 0.5) is 0 Å². The van der Waals surface area contributed by atoms with E-state index >= 15 is 0 Å². The minimum atomic E-state index is -4.94. The monoisotopic (exact) mass is 370 g/mol. The minimum Gasteiger partial charge on any atom is -0.222 e. The van der Waals surface area contributed by atoms with Gasteiger partial charge in [-0.05, 0) is 29.4 Å². The van der Waals surface area contributed by atoms with Crippen LogP contribution in [0.1, 0.15) is 5.69 Å². The third-order valence-electron chi connectivity index (χ3n) is 3.85. The molecular formula is C19H15ClN2O4. The summed E-state index contributed by atoms with van der Waals surface area (Å²) in [5.74, 6) is 0. The van der Waals surface area contributed by atoms with Gasteiger partial charge in [0, 0.05) is 11.6 Å². The van der Waals surface area contributed by atoms with Gasteiger partial charge in [-0.1, -0.05) is 48.5 Å². The summed E-state index contributed by atoms with van der Waals surface area (Å²) in [5.41, 5.74) is 4.36. The molecule has 0 amide bonds. The predicted molar refractivity (Wildman–Crippen MR) is 85.1 cm³/mol. The van der Waals surface area contributed by atoms with Crippen molar-refractivity contribution < 1.29 is 33.3 Å². The molecular weight excluding hydrogens is 356 g/mol. The van der Waals surface area contributed by atoms with Crippen molar-refractivity contribution in [1.29, 1.82) is 0 Å². The lowest BCUT2D eigenvalue weighted by atomic mass is 10.1. The molecule has 2 aromatic heterocycles. The molecule has 2 aromatic carbocycles. The van der Waals surface area contributed by atoms with Gasteiger partial charge in [0.25, 0.3) is 0 Å². The number of rotatable bonds is 1. The Morgan fingerprint density at radius 1 is 0.846 bits per heavy atom. The lowest BCUT2D eigenvalue weighted by Gasteiger charge is -2.17. The van der Waals surface area contributed by atoms with Crippen LogP contribution in [0.5, 0.6) is 0 Å². The Hall–Kier alpha value is -2.61. The van der Waals surface area contributed by atoms with Gasteiger partial charge in [0.15, 0.2) is 5.69 Å². The van der Waals surface area contributed by atoms with Crippen LogP contribution in [-0.4, -0.2) is 4.98 Å². The molecule has 2 heterocycles. The van der Waals surface area contributed by atoms with Crippen LogP contribution in [0.25, 0.3) is 27.7 Å². The summed E-state index contributed by atoms with van der Waals surface area (Å²) >= 11 is 0. The molecule has 6 nitrogen and oxygen atoms in total. The second-order valence-corrected chi connectivity index (χ2v) is 6.38. The molecule has 4 aromatic rings. The summed E-state index contributed by atoms with van der Waals surface area (Å²) in [6, 6.07) is 23.0. The average Bonchev–Trinajstić information content (AvgIpc) is 2.61. The maximum absolute atomic E-state index is 8.49. The highest BCUT2D eigenvalue weighted by molar-refractivity contribution is 5.92. The Labute approximate surface area is 152 Å². The summed E-state index contributed by atoms with van der Waals surface area (Å²) in [5, 5.41) is 2.40. The second-order valence-electron chi connectivity index (χ2n) is 5.62. The van der Waals surface area contributed by atoms with Crippen molar-refractivity contribution in [2.24, 2.45) is 0 Å². The zero-order valence-corrected chi connectivity index (χ0v) is 14.6. The molecule has 0 aliphatic carbocycles. The lowest BCUT2D eigenvalue weighted by Crippen LogP contribution is -2.68. The summed E-state index contributed by atoms with van der Waals surface area (Å²) in [6.07, 6.45) is 2.09. The number of benzene rings is 2. The fourth-order valence-corrected chi connectivity index (χ4v) is 2.77.